The average Bonchev–Trinajstić information content (AvgIpc) is 2.27. The molecule has 0 amide bonds. The lowest BCUT2D eigenvalue weighted by Gasteiger charge is -2.24. The molecule has 1 aliphatic heterocycles. The molecular weight excluding hydrogens is 186 g/mol. The summed E-state index contributed by atoms with van der Waals surface area (Å²) in [6.45, 7) is 4.26. The molecule has 1 aromatic carbocycles. The summed E-state index contributed by atoms with van der Waals surface area (Å²) in [5.74, 6) is 1.33. The van der Waals surface area contributed by atoms with Gasteiger partial charge in [0.2, 0.25) is 0 Å². The normalized spacial score (nSPS) is 18.1. The lowest BCUT2D eigenvalue weighted by molar-refractivity contribution is 0.195. The summed E-state index contributed by atoms with van der Waals surface area (Å²) >= 11 is 0. The summed E-state index contributed by atoms with van der Waals surface area (Å²) < 4.78 is 5.80. The predicted octanol–water partition coefficient (Wildman–Crippen LogP) is 2.99. The topological polar surface area (TPSA) is 33.0 Å². The minimum Gasteiger partial charge on any atom is -0.485 e. The first-order chi connectivity index (χ1) is 7.20. The van der Waals surface area contributed by atoms with E-state index in [0.29, 0.717) is 11.5 Å². The molecule has 0 fully saturated rings. The fourth-order valence-electron chi connectivity index (χ4n) is 1.60. The van der Waals surface area contributed by atoms with Gasteiger partial charge in [-0.15, -0.1) is 0 Å². The van der Waals surface area contributed by atoms with Crippen molar-refractivity contribution in [3.05, 3.63) is 35.4 Å². The lowest BCUT2D eigenvalue weighted by Crippen LogP contribution is -2.22. The highest BCUT2D eigenvalue weighted by Gasteiger charge is 2.17. The quantitative estimate of drug-likeness (QED) is 0.696. The Morgan fingerprint density at radius 1 is 1.40 bits per heavy atom. The van der Waals surface area contributed by atoms with E-state index in [1.165, 1.54) is 0 Å². The smallest absolute Gasteiger partial charge is 0.127 e. The summed E-state index contributed by atoms with van der Waals surface area (Å²) in [5, 5.41) is 8.76. The monoisotopic (exact) mass is 199 g/mol. The van der Waals surface area contributed by atoms with Crippen LogP contribution in [0, 0.1) is 17.2 Å². The summed E-state index contributed by atoms with van der Waals surface area (Å²) in [4.78, 5) is 0. The molecule has 0 saturated heterocycles. The van der Waals surface area contributed by atoms with Crippen LogP contribution in [-0.2, 0) is 0 Å². The maximum atomic E-state index is 8.76. The molecule has 76 valence electrons. The average molecular weight is 199 g/mol. The molecule has 1 atom stereocenters. The molecule has 1 aromatic rings. The van der Waals surface area contributed by atoms with Crippen LogP contribution in [-0.4, -0.2) is 6.10 Å². The van der Waals surface area contributed by atoms with E-state index in [1.54, 1.807) is 6.07 Å². The van der Waals surface area contributed by atoms with Gasteiger partial charge in [-0.2, -0.15) is 5.26 Å². The van der Waals surface area contributed by atoms with Crippen LogP contribution in [0.2, 0.25) is 0 Å². The van der Waals surface area contributed by atoms with Gasteiger partial charge >= 0.3 is 0 Å². The van der Waals surface area contributed by atoms with E-state index in [-0.39, 0.29) is 6.10 Å². The molecule has 2 heteroatoms. The van der Waals surface area contributed by atoms with Crippen molar-refractivity contribution in [2.75, 3.05) is 0 Å². The van der Waals surface area contributed by atoms with Crippen LogP contribution >= 0.6 is 0 Å². The fourth-order valence-corrected chi connectivity index (χ4v) is 1.60. The second-order valence-corrected chi connectivity index (χ2v) is 4.05. The van der Waals surface area contributed by atoms with Crippen LogP contribution in [0.1, 0.15) is 25.0 Å². The summed E-state index contributed by atoms with van der Waals surface area (Å²) in [7, 11) is 0. The predicted molar refractivity (Wildman–Crippen MR) is 59.4 cm³/mol. The molecule has 15 heavy (non-hydrogen) atoms. The first kappa shape index (κ1) is 9.79. The first-order valence-corrected chi connectivity index (χ1v) is 5.09. The zero-order valence-corrected chi connectivity index (χ0v) is 8.90. The van der Waals surface area contributed by atoms with Gasteiger partial charge in [-0.25, -0.2) is 0 Å². The molecule has 0 aliphatic carbocycles. The van der Waals surface area contributed by atoms with E-state index in [1.807, 2.05) is 24.3 Å². The van der Waals surface area contributed by atoms with Gasteiger partial charge in [0.25, 0.3) is 0 Å². The number of nitriles is 1. The first-order valence-electron chi connectivity index (χ1n) is 5.09. The van der Waals surface area contributed by atoms with Crippen molar-refractivity contribution in [2.24, 2.45) is 5.92 Å². The fraction of sp³-hybridized carbons (Fsp3) is 0.308. The highest BCUT2D eigenvalue weighted by molar-refractivity contribution is 5.62. The van der Waals surface area contributed by atoms with Crippen molar-refractivity contribution < 1.29 is 4.74 Å². The van der Waals surface area contributed by atoms with Crippen molar-refractivity contribution in [3.63, 3.8) is 0 Å². The molecule has 2 nitrogen and oxygen atoms in total. The van der Waals surface area contributed by atoms with Gasteiger partial charge in [0, 0.05) is 5.56 Å². The molecule has 0 radical (unpaired) electrons. The van der Waals surface area contributed by atoms with Crippen molar-refractivity contribution >= 4 is 6.08 Å². The highest BCUT2D eigenvalue weighted by atomic mass is 16.5. The van der Waals surface area contributed by atoms with E-state index in [2.05, 4.69) is 19.9 Å². The largest absolute Gasteiger partial charge is 0.485 e. The Labute approximate surface area is 89.8 Å². The van der Waals surface area contributed by atoms with Gasteiger partial charge in [0.15, 0.2) is 0 Å². The number of hydrogen-bond donors (Lipinski definition) is 0. The molecular formula is C13H13NO. The number of benzene rings is 1. The Balaban J connectivity index is 2.33. The lowest BCUT2D eigenvalue weighted by atomic mass is 10.0. The molecule has 0 spiro atoms. The second-order valence-electron chi connectivity index (χ2n) is 4.05. The maximum Gasteiger partial charge on any atom is 0.127 e. The third-order valence-corrected chi connectivity index (χ3v) is 2.52. The zero-order chi connectivity index (χ0) is 10.8. The van der Waals surface area contributed by atoms with Gasteiger partial charge in [-0.3, -0.25) is 0 Å². The van der Waals surface area contributed by atoms with Crippen molar-refractivity contribution in [3.8, 4) is 11.8 Å². The van der Waals surface area contributed by atoms with E-state index >= 15 is 0 Å². The zero-order valence-electron chi connectivity index (χ0n) is 8.90. The number of rotatable bonds is 1. The molecule has 2 rings (SSSR count). The SMILES string of the molecule is CC(C)[C@H]1C=Cc2cc(C#N)ccc2O1. The van der Waals surface area contributed by atoms with E-state index in [4.69, 9.17) is 10.00 Å². The molecule has 0 unspecified atom stereocenters. The van der Waals surface area contributed by atoms with Crippen molar-refractivity contribution in [1.82, 2.24) is 0 Å². The summed E-state index contributed by atoms with van der Waals surface area (Å²) in [5.41, 5.74) is 1.66. The van der Waals surface area contributed by atoms with Crippen LogP contribution in [0.3, 0.4) is 0 Å². The number of fused-ring (bicyclic) bond motifs is 1. The Hall–Kier alpha value is -1.75. The van der Waals surface area contributed by atoms with Gasteiger partial charge in [-0.05, 0) is 30.2 Å². The molecule has 1 aliphatic rings. The number of nitrogens with zero attached hydrogens (tertiary/aromatic N) is 1. The maximum absolute atomic E-state index is 8.76. The molecule has 0 saturated carbocycles. The van der Waals surface area contributed by atoms with E-state index in [9.17, 15) is 0 Å². The number of hydrogen-bond acceptors (Lipinski definition) is 2. The standard InChI is InChI=1S/C13H13NO/c1-9(2)12-6-4-11-7-10(8-14)3-5-13(11)15-12/h3-7,9,12H,1-2H3/t12-/m1/s1. The van der Waals surface area contributed by atoms with Gasteiger partial charge in [0.1, 0.15) is 11.9 Å². The third-order valence-electron chi connectivity index (χ3n) is 2.52. The summed E-state index contributed by atoms with van der Waals surface area (Å²) in [6.07, 6.45) is 4.23. The Bertz CT molecular complexity index is 440. The highest BCUT2D eigenvalue weighted by Crippen LogP contribution is 2.28. The number of ether oxygens (including phenoxy) is 1. The molecule has 0 N–H and O–H groups in total. The minimum absolute atomic E-state index is 0.144. The van der Waals surface area contributed by atoms with Crippen LogP contribution < -0.4 is 4.74 Å². The Morgan fingerprint density at radius 3 is 2.87 bits per heavy atom. The van der Waals surface area contributed by atoms with Crippen LogP contribution in [0.15, 0.2) is 24.3 Å². The van der Waals surface area contributed by atoms with Gasteiger partial charge < -0.3 is 4.74 Å². The molecule has 0 aromatic heterocycles. The molecule has 0 bridgehead atoms. The van der Waals surface area contributed by atoms with E-state index in [0.717, 1.165) is 11.3 Å². The van der Waals surface area contributed by atoms with Gasteiger partial charge in [-0.1, -0.05) is 19.9 Å². The van der Waals surface area contributed by atoms with Crippen LogP contribution in [0.4, 0.5) is 0 Å². The van der Waals surface area contributed by atoms with Gasteiger partial charge in [0.05, 0.1) is 11.6 Å². The van der Waals surface area contributed by atoms with Crippen molar-refractivity contribution in [2.45, 2.75) is 20.0 Å². The summed E-state index contributed by atoms with van der Waals surface area (Å²) in [6, 6.07) is 7.63. The van der Waals surface area contributed by atoms with Crippen LogP contribution in [0.25, 0.3) is 6.08 Å². The second kappa shape index (κ2) is 3.78. The Morgan fingerprint density at radius 2 is 2.20 bits per heavy atom. The minimum atomic E-state index is 0.144. The van der Waals surface area contributed by atoms with E-state index < -0.39 is 0 Å². The third kappa shape index (κ3) is 1.87. The Kier molecular flexibility index (Phi) is 2.47. The van der Waals surface area contributed by atoms with Crippen molar-refractivity contribution in [1.29, 1.82) is 5.26 Å². The molecule has 1 heterocycles. The van der Waals surface area contributed by atoms with Crippen LogP contribution in [0.5, 0.6) is 5.75 Å².